The topological polar surface area (TPSA) is 78.9 Å². The van der Waals surface area contributed by atoms with Crippen LogP contribution < -0.4 is 0 Å². The van der Waals surface area contributed by atoms with Gasteiger partial charge >= 0.3 is 17.9 Å². The van der Waals surface area contributed by atoms with E-state index in [2.05, 4.69) is 142 Å². The molecule has 0 bridgehead atoms. The summed E-state index contributed by atoms with van der Waals surface area (Å²) < 4.78 is 16.7. The standard InChI is InChI=1S/C62H100O6/c1-4-7-10-13-16-18-20-22-24-25-26-27-28-29-30-31-32-33-34-35-36-37-39-40-42-44-46-49-52-55-61(64)67-58-59(57-66-60(63)54-51-48-15-12-9-6-3)68-62(65)56-53-50-47-45-43-41-38-23-21-19-17-14-11-8-5-2/h7,10,16-19,22-24,26-27,29-30,32-33,35-36,38-40,59H,4-6,8-9,11-15,20-21,25,28,31,34,37,41-58H2,1-3H3/b10-7-,18-16-,19-17-,24-22-,27-26-,30-29-,33-32-,36-35-,38-23-,40-39-. The van der Waals surface area contributed by atoms with Crippen LogP contribution in [-0.4, -0.2) is 37.2 Å². The lowest BCUT2D eigenvalue weighted by Gasteiger charge is -2.18. The molecule has 0 rings (SSSR count). The third-order valence-electron chi connectivity index (χ3n) is 11.2. The van der Waals surface area contributed by atoms with E-state index in [1.807, 2.05) is 0 Å². The number of hydrogen-bond donors (Lipinski definition) is 0. The molecule has 0 fully saturated rings. The van der Waals surface area contributed by atoms with Crippen LogP contribution in [0.3, 0.4) is 0 Å². The molecule has 0 radical (unpaired) electrons. The summed E-state index contributed by atoms with van der Waals surface area (Å²) >= 11 is 0. The van der Waals surface area contributed by atoms with Crippen LogP contribution in [-0.2, 0) is 28.6 Å². The summed E-state index contributed by atoms with van der Waals surface area (Å²) in [6.45, 7) is 6.39. The summed E-state index contributed by atoms with van der Waals surface area (Å²) in [5, 5.41) is 0. The lowest BCUT2D eigenvalue weighted by molar-refractivity contribution is -0.167. The molecular weight excluding hydrogens is 841 g/mol. The Labute approximate surface area is 418 Å². The van der Waals surface area contributed by atoms with Gasteiger partial charge in [0.2, 0.25) is 0 Å². The Bertz CT molecular complexity index is 1450. The average molecular weight is 941 g/mol. The molecule has 0 aromatic rings. The zero-order chi connectivity index (χ0) is 49.3. The van der Waals surface area contributed by atoms with Crippen LogP contribution in [0.5, 0.6) is 0 Å². The monoisotopic (exact) mass is 941 g/mol. The number of rotatable bonds is 48. The first-order chi connectivity index (χ1) is 33.5. The van der Waals surface area contributed by atoms with Crippen LogP contribution in [0.2, 0.25) is 0 Å². The normalized spacial score (nSPS) is 13.0. The molecule has 0 aliphatic heterocycles. The van der Waals surface area contributed by atoms with E-state index in [-0.39, 0.29) is 31.1 Å². The maximum Gasteiger partial charge on any atom is 0.306 e. The summed E-state index contributed by atoms with van der Waals surface area (Å²) in [5.74, 6) is -0.951. The second-order valence-corrected chi connectivity index (χ2v) is 17.8. The highest BCUT2D eigenvalue weighted by atomic mass is 16.6. The van der Waals surface area contributed by atoms with Crippen molar-refractivity contribution in [2.75, 3.05) is 13.2 Å². The highest BCUT2D eigenvalue weighted by Crippen LogP contribution is 2.13. The van der Waals surface area contributed by atoms with Gasteiger partial charge in [-0.05, 0) is 116 Å². The Morgan fingerprint density at radius 2 is 0.574 bits per heavy atom. The molecule has 0 aromatic heterocycles. The van der Waals surface area contributed by atoms with Crippen molar-refractivity contribution in [3.05, 3.63) is 122 Å². The first-order valence-electron chi connectivity index (χ1n) is 27.5. The van der Waals surface area contributed by atoms with Gasteiger partial charge in [0.15, 0.2) is 6.10 Å². The first-order valence-corrected chi connectivity index (χ1v) is 27.5. The van der Waals surface area contributed by atoms with E-state index in [0.717, 1.165) is 148 Å². The van der Waals surface area contributed by atoms with Crippen LogP contribution in [0, 0.1) is 0 Å². The predicted octanol–water partition coefficient (Wildman–Crippen LogP) is 18.5. The van der Waals surface area contributed by atoms with E-state index in [9.17, 15) is 14.4 Å². The van der Waals surface area contributed by atoms with Crippen molar-refractivity contribution in [3.8, 4) is 0 Å². The van der Waals surface area contributed by atoms with Crippen molar-refractivity contribution in [2.24, 2.45) is 0 Å². The van der Waals surface area contributed by atoms with E-state index in [0.29, 0.717) is 19.3 Å². The number of esters is 3. The van der Waals surface area contributed by atoms with Gasteiger partial charge in [0.1, 0.15) is 13.2 Å². The highest BCUT2D eigenvalue weighted by Gasteiger charge is 2.19. The predicted molar refractivity (Wildman–Crippen MR) is 293 cm³/mol. The SMILES string of the molecule is CC/C=C\C/C=C\C/C=C\C/C=C\C/C=C\C/C=C\C/C=C\C/C=C\CCCCCCC(=O)OCC(COC(=O)CCCCCCCC)OC(=O)CCCCCCC/C=C\C/C=C\CCCCC. The van der Waals surface area contributed by atoms with Gasteiger partial charge in [0.05, 0.1) is 0 Å². The molecule has 0 saturated carbocycles. The van der Waals surface area contributed by atoms with Crippen molar-refractivity contribution in [2.45, 2.75) is 239 Å². The number of allylic oxidation sites excluding steroid dienone is 20. The van der Waals surface area contributed by atoms with Crippen molar-refractivity contribution >= 4 is 17.9 Å². The van der Waals surface area contributed by atoms with Crippen molar-refractivity contribution in [1.82, 2.24) is 0 Å². The number of unbranched alkanes of at least 4 members (excludes halogenated alkanes) is 17. The van der Waals surface area contributed by atoms with E-state index in [1.165, 1.54) is 44.9 Å². The third kappa shape index (κ3) is 52.8. The Morgan fingerprint density at radius 3 is 0.926 bits per heavy atom. The van der Waals surface area contributed by atoms with Gasteiger partial charge in [-0.1, -0.05) is 219 Å². The summed E-state index contributed by atoms with van der Waals surface area (Å²) in [6.07, 6.45) is 76.4. The quantitative estimate of drug-likeness (QED) is 0.0262. The van der Waals surface area contributed by atoms with Crippen molar-refractivity contribution < 1.29 is 28.6 Å². The summed E-state index contributed by atoms with van der Waals surface area (Å²) in [6, 6.07) is 0. The molecule has 1 atom stereocenters. The van der Waals surface area contributed by atoms with Gasteiger partial charge in [-0.25, -0.2) is 0 Å². The third-order valence-corrected chi connectivity index (χ3v) is 11.2. The molecule has 0 aromatic carbocycles. The first kappa shape index (κ1) is 63.8. The molecule has 6 nitrogen and oxygen atoms in total. The minimum absolute atomic E-state index is 0.0946. The lowest BCUT2D eigenvalue weighted by atomic mass is 10.1. The fraction of sp³-hybridized carbons (Fsp3) is 0.629. The van der Waals surface area contributed by atoms with Crippen molar-refractivity contribution in [1.29, 1.82) is 0 Å². The molecule has 1 unspecified atom stereocenters. The second kappa shape index (κ2) is 55.4. The van der Waals surface area contributed by atoms with Crippen LogP contribution in [0.25, 0.3) is 0 Å². The smallest absolute Gasteiger partial charge is 0.306 e. The summed E-state index contributed by atoms with van der Waals surface area (Å²) in [4.78, 5) is 37.8. The lowest BCUT2D eigenvalue weighted by Crippen LogP contribution is -2.30. The molecule has 0 heterocycles. The molecule has 0 saturated heterocycles. The van der Waals surface area contributed by atoms with Crippen LogP contribution >= 0.6 is 0 Å². The zero-order valence-corrected chi connectivity index (χ0v) is 43.8. The number of carbonyl (C=O) groups is 3. The van der Waals surface area contributed by atoms with E-state index < -0.39 is 6.10 Å². The number of hydrogen-bond acceptors (Lipinski definition) is 6. The molecule has 0 amide bonds. The minimum atomic E-state index is -0.795. The number of carbonyl (C=O) groups excluding carboxylic acids is 3. The molecule has 0 aliphatic carbocycles. The van der Waals surface area contributed by atoms with E-state index in [4.69, 9.17) is 14.2 Å². The maximum atomic E-state index is 12.8. The van der Waals surface area contributed by atoms with Crippen LogP contribution in [0.4, 0.5) is 0 Å². The van der Waals surface area contributed by atoms with Gasteiger partial charge in [0.25, 0.3) is 0 Å². The van der Waals surface area contributed by atoms with Gasteiger partial charge in [-0.15, -0.1) is 0 Å². The Balaban J connectivity index is 4.24. The molecule has 384 valence electrons. The van der Waals surface area contributed by atoms with Crippen LogP contribution in [0.15, 0.2) is 122 Å². The molecule has 0 spiro atoms. The largest absolute Gasteiger partial charge is 0.462 e. The molecule has 0 aliphatic rings. The Kier molecular flexibility index (Phi) is 52.0. The van der Waals surface area contributed by atoms with Gasteiger partial charge in [-0.3, -0.25) is 14.4 Å². The zero-order valence-electron chi connectivity index (χ0n) is 43.8. The Hall–Kier alpha value is -4.19. The molecule has 6 heteroatoms. The Morgan fingerprint density at radius 1 is 0.309 bits per heavy atom. The van der Waals surface area contributed by atoms with Gasteiger partial charge < -0.3 is 14.2 Å². The number of ether oxygens (including phenoxy) is 3. The van der Waals surface area contributed by atoms with E-state index >= 15 is 0 Å². The van der Waals surface area contributed by atoms with Crippen LogP contribution in [0.1, 0.15) is 233 Å². The second-order valence-electron chi connectivity index (χ2n) is 17.8. The van der Waals surface area contributed by atoms with Gasteiger partial charge in [-0.2, -0.15) is 0 Å². The average Bonchev–Trinajstić information content (AvgIpc) is 3.34. The molecule has 0 N–H and O–H groups in total. The maximum absolute atomic E-state index is 12.8. The highest BCUT2D eigenvalue weighted by molar-refractivity contribution is 5.71. The summed E-state index contributed by atoms with van der Waals surface area (Å²) in [5.41, 5.74) is 0. The van der Waals surface area contributed by atoms with Crippen molar-refractivity contribution in [3.63, 3.8) is 0 Å². The minimum Gasteiger partial charge on any atom is -0.462 e. The summed E-state index contributed by atoms with van der Waals surface area (Å²) in [7, 11) is 0. The fourth-order valence-electron chi connectivity index (χ4n) is 7.07. The van der Waals surface area contributed by atoms with Gasteiger partial charge in [0, 0.05) is 19.3 Å². The van der Waals surface area contributed by atoms with E-state index in [1.54, 1.807) is 0 Å². The molecular formula is C62H100O6. The fourth-order valence-corrected chi connectivity index (χ4v) is 7.07. The molecule has 68 heavy (non-hydrogen) atoms.